The zero-order chi connectivity index (χ0) is 18.4. The van der Waals surface area contributed by atoms with Crippen LogP contribution in [0.15, 0.2) is 24.3 Å². The summed E-state index contributed by atoms with van der Waals surface area (Å²) in [6.45, 7) is 1.86. The highest BCUT2D eigenvalue weighted by atomic mass is 35.5. The van der Waals surface area contributed by atoms with Crippen molar-refractivity contribution in [3.05, 3.63) is 35.6 Å². The summed E-state index contributed by atoms with van der Waals surface area (Å²) in [5, 5.41) is 6.04. The van der Waals surface area contributed by atoms with Crippen molar-refractivity contribution < 1.29 is 14.0 Å². The lowest BCUT2D eigenvalue weighted by atomic mass is 9.87. The summed E-state index contributed by atoms with van der Waals surface area (Å²) in [6, 6.07) is 6.16. The van der Waals surface area contributed by atoms with E-state index in [1.807, 2.05) is 6.07 Å². The zero-order valence-corrected chi connectivity index (χ0v) is 16.4. The number of piperazine rings is 1. The van der Waals surface area contributed by atoms with Crippen molar-refractivity contribution in [1.82, 2.24) is 15.5 Å². The highest BCUT2D eigenvalue weighted by Gasteiger charge is 2.28. The van der Waals surface area contributed by atoms with E-state index >= 15 is 0 Å². The third-order valence-corrected chi connectivity index (χ3v) is 5.43. The lowest BCUT2D eigenvalue weighted by Crippen LogP contribution is -2.51. The van der Waals surface area contributed by atoms with Crippen molar-refractivity contribution in [2.45, 2.75) is 44.6 Å². The molecule has 1 aliphatic carbocycles. The van der Waals surface area contributed by atoms with Gasteiger partial charge in [0.25, 0.3) is 0 Å². The third-order valence-electron chi connectivity index (χ3n) is 5.43. The first-order chi connectivity index (χ1) is 12.6. The Hall–Kier alpha value is -1.66. The molecule has 150 valence electrons. The molecule has 2 fully saturated rings. The summed E-state index contributed by atoms with van der Waals surface area (Å²) in [4.78, 5) is 26.5. The highest BCUT2D eigenvalue weighted by Crippen LogP contribution is 2.26. The fourth-order valence-electron chi connectivity index (χ4n) is 4.02. The van der Waals surface area contributed by atoms with Crippen LogP contribution in [0, 0.1) is 11.7 Å². The number of nitrogens with one attached hydrogen (secondary N) is 2. The van der Waals surface area contributed by atoms with Gasteiger partial charge in [0, 0.05) is 26.1 Å². The first-order valence-electron chi connectivity index (χ1n) is 9.66. The van der Waals surface area contributed by atoms with Crippen molar-refractivity contribution in [3.8, 4) is 0 Å². The van der Waals surface area contributed by atoms with Crippen molar-refractivity contribution in [2.75, 3.05) is 26.2 Å². The summed E-state index contributed by atoms with van der Waals surface area (Å²) < 4.78 is 13.5. The molecule has 1 atom stereocenters. The van der Waals surface area contributed by atoms with E-state index in [1.54, 1.807) is 11.0 Å². The number of rotatable bonds is 5. The maximum absolute atomic E-state index is 13.5. The molecule has 0 spiro atoms. The molecule has 3 rings (SSSR count). The fraction of sp³-hybridized carbons (Fsp3) is 0.600. The molecule has 7 heteroatoms. The van der Waals surface area contributed by atoms with Gasteiger partial charge in [0.1, 0.15) is 5.82 Å². The fourth-order valence-corrected chi connectivity index (χ4v) is 4.02. The van der Waals surface area contributed by atoms with E-state index in [0.29, 0.717) is 32.0 Å². The van der Waals surface area contributed by atoms with Gasteiger partial charge in [-0.3, -0.25) is 9.59 Å². The Bertz CT molecular complexity index is 637. The number of benzene rings is 1. The van der Waals surface area contributed by atoms with Crippen LogP contribution < -0.4 is 10.6 Å². The van der Waals surface area contributed by atoms with E-state index in [1.165, 1.54) is 31.4 Å². The molecule has 2 N–H and O–H groups in total. The second-order valence-corrected chi connectivity index (χ2v) is 7.35. The number of nitrogens with zero attached hydrogens (tertiary/aromatic N) is 1. The number of hydrogen-bond acceptors (Lipinski definition) is 3. The predicted octanol–water partition coefficient (Wildman–Crippen LogP) is 2.81. The van der Waals surface area contributed by atoms with E-state index in [-0.39, 0.29) is 42.6 Å². The minimum Gasteiger partial charge on any atom is -0.347 e. The quantitative estimate of drug-likeness (QED) is 0.803. The molecule has 1 heterocycles. The van der Waals surface area contributed by atoms with Crippen molar-refractivity contribution in [1.29, 1.82) is 0 Å². The average Bonchev–Trinajstić information content (AvgIpc) is 2.67. The Morgan fingerprint density at radius 1 is 1.22 bits per heavy atom. The van der Waals surface area contributed by atoms with Crippen LogP contribution in [0.5, 0.6) is 0 Å². The average molecular weight is 398 g/mol. The SMILES string of the molecule is Cl.O=C(CC1CCCCC1)NCC(=O)N1CCNCC1c1cccc(F)c1. The van der Waals surface area contributed by atoms with E-state index in [9.17, 15) is 14.0 Å². The normalized spacial score (nSPS) is 20.6. The van der Waals surface area contributed by atoms with Crippen molar-refractivity contribution >= 4 is 24.2 Å². The van der Waals surface area contributed by atoms with Gasteiger partial charge in [-0.05, 0) is 36.5 Å². The second kappa shape index (κ2) is 10.6. The lowest BCUT2D eigenvalue weighted by molar-refractivity contribution is -0.135. The Morgan fingerprint density at radius 2 is 2.00 bits per heavy atom. The van der Waals surface area contributed by atoms with Crippen LogP contribution in [0.2, 0.25) is 0 Å². The van der Waals surface area contributed by atoms with Gasteiger partial charge >= 0.3 is 0 Å². The largest absolute Gasteiger partial charge is 0.347 e. The molecule has 5 nitrogen and oxygen atoms in total. The minimum absolute atomic E-state index is 0. The Kier molecular flexibility index (Phi) is 8.51. The summed E-state index contributed by atoms with van der Waals surface area (Å²) in [7, 11) is 0. The molecular formula is C20H29ClFN3O2. The molecule has 1 aromatic carbocycles. The van der Waals surface area contributed by atoms with E-state index in [0.717, 1.165) is 18.4 Å². The predicted molar refractivity (Wildman–Crippen MR) is 105 cm³/mol. The van der Waals surface area contributed by atoms with Gasteiger partial charge in [-0.1, -0.05) is 31.4 Å². The van der Waals surface area contributed by atoms with Gasteiger partial charge in [-0.15, -0.1) is 12.4 Å². The van der Waals surface area contributed by atoms with Gasteiger partial charge in [0.05, 0.1) is 12.6 Å². The molecule has 0 bridgehead atoms. The van der Waals surface area contributed by atoms with Crippen LogP contribution in [-0.4, -0.2) is 42.9 Å². The minimum atomic E-state index is -0.304. The topological polar surface area (TPSA) is 61.4 Å². The molecule has 1 unspecified atom stereocenters. The first kappa shape index (κ1) is 21.6. The van der Waals surface area contributed by atoms with Gasteiger partial charge in [0.15, 0.2) is 0 Å². The van der Waals surface area contributed by atoms with E-state index in [4.69, 9.17) is 0 Å². The highest BCUT2D eigenvalue weighted by molar-refractivity contribution is 5.85. The number of carbonyl (C=O) groups is 2. The molecule has 1 aliphatic heterocycles. The molecule has 2 aliphatic rings. The van der Waals surface area contributed by atoms with Gasteiger partial charge in [0.2, 0.25) is 11.8 Å². The molecular weight excluding hydrogens is 369 g/mol. The van der Waals surface area contributed by atoms with Gasteiger partial charge < -0.3 is 15.5 Å². The van der Waals surface area contributed by atoms with Crippen molar-refractivity contribution in [2.24, 2.45) is 5.92 Å². The van der Waals surface area contributed by atoms with Gasteiger partial charge in [-0.2, -0.15) is 0 Å². The summed E-state index contributed by atoms with van der Waals surface area (Å²) in [5.41, 5.74) is 0.777. The zero-order valence-electron chi connectivity index (χ0n) is 15.6. The molecule has 1 saturated carbocycles. The van der Waals surface area contributed by atoms with Crippen LogP contribution >= 0.6 is 12.4 Å². The molecule has 1 aromatic rings. The number of carbonyl (C=O) groups excluding carboxylic acids is 2. The maximum Gasteiger partial charge on any atom is 0.242 e. The molecule has 27 heavy (non-hydrogen) atoms. The van der Waals surface area contributed by atoms with Gasteiger partial charge in [-0.25, -0.2) is 4.39 Å². The lowest BCUT2D eigenvalue weighted by Gasteiger charge is -2.36. The van der Waals surface area contributed by atoms with Crippen LogP contribution in [0.4, 0.5) is 4.39 Å². The van der Waals surface area contributed by atoms with Crippen molar-refractivity contribution in [3.63, 3.8) is 0 Å². The van der Waals surface area contributed by atoms with Crippen LogP contribution in [0.25, 0.3) is 0 Å². The number of amides is 2. The Morgan fingerprint density at radius 3 is 2.74 bits per heavy atom. The van der Waals surface area contributed by atoms with E-state index < -0.39 is 0 Å². The third kappa shape index (κ3) is 6.18. The van der Waals surface area contributed by atoms with E-state index in [2.05, 4.69) is 10.6 Å². The Balaban J connectivity index is 0.00000261. The van der Waals surface area contributed by atoms with Crippen LogP contribution in [-0.2, 0) is 9.59 Å². The number of hydrogen-bond donors (Lipinski definition) is 2. The second-order valence-electron chi connectivity index (χ2n) is 7.35. The summed E-state index contributed by atoms with van der Waals surface area (Å²) in [5.74, 6) is -0.000200. The van der Waals surface area contributed by atoms with Crippen LogP contribution in [0.1, 0.15) is 50.1 Å². The molecule has 1 saturated heterocycles. The summed E-state index contributed by atoms with van der Waals surface area (Å²) in [6.07, 6.45) is 6.41. The molecule has 0 radical (unpaired) electrons. The smallest absolute Gasteiger partial charge is 0.242 e. The van der Waals surface area contributed by atoms with Crippen LogP contribution in [0.3, 0.4) is 0 Å². The first-order valence-corrected chi connectivity index (χ1v) is 9.66. The Labute approximate surface area is 166 Å². The summed E-state index contributed by atoms with van der Waals surface area (Å²) >= 11 is 0. The molecule has 2 amide bonds. The molecule has 0 aromatic heterocycles. The standard InChI is InChI=1S/C20H28FN3O2.ClH/c21-17-8-4-7-16(12-17)18-13-22-9-10-24(18)20(26)14-23-19(25)11-15-5-2-1-3-6-15;/h4,7-8,12,15,18,22H,1-3,5-6,9-11,13-14H2,(H,23,25);1H. The maximum atomic E-state index is 13.5. The monoisotopic (exact) mass is 397 g/mol. The number of halogens is 2.